The van der Waals surface area contributed by atoms with Crippen molar-refractivity contribution in [3.05, 3.63) is 64.1 Å². The molecule has 0 saturated carbocycles. The summed E-state index contributed by atoms with van der Waals surface area (Å²) in [5.41, 5.74) is 4.22. The number of fused-ring (bicyclic) bond motifs is 1. The van der Waals surface area contributed by atoms with Gasteiger partial charge in [-0.15, -0.1) is 0 Å². The molecule has 1 heterocycles. The van der Waals surface area contributed by atoms with Gasteiger partial charge in [0.15, 0.2) is 0 Å². The first kappa shape index (κ1) is 14.0. The number of thioether (sulfide) groups is 1. The average molecular weight is 295 g/mol. The summed E-state index contributed by atoms with van der Waals surface area (Å²) in [4.78, 5) is 16.3. The van der Waals surface area contributed by atoms with Crippen LogP contribution < -0.4 is 4.90 Å². The van der Waals surface area contributed by atoms with Gasteiger partial charge >= 0.3 is 0 Å². The number of benzene rings is 2. The molecule has 0 N–H and O–H groups in total. The van der Waals surface area contributed by atoms with E-state index in [1.165, 1.54) is 5.56 Å². The van der Waals surface area contributed by atoms with E-state index in [9.17, 15) is 4.79 Å². The maximum absolute atomic E-state index is 12.4. The number of aryl methyl sites for hydroxylation is 1. The van der Waals surface area contributed by atoms with E-state index in [1.54, 1.807) is 11.8 Å². The van der Waals surface area contributed by atoms with Gasteiger partial charge in [0.05, 0.1) is 4.91 Å². The van der Waals surface area contributed by atoms with Gasteiger partial charge in [0.2, 0.25) is 5.78 Å². The number of nitrogens with zero attached hydrogens (tertiary/aromatic N) is 1. The van der Waals surface area contributed by atoms with Crippen LogP contribution in [0.2, 0.25) is 0 Å². The van der Waals surface area contributed by atoms with Crippen LogP contribution in [0.15, 0.2) is 52.3 Å². The van der Waals surface area contributed by atoms with E-state index in [1.807, 2.05) is 49.3 Å². The van der Waals surface area contributed by atoms with E-state index in [2.05, 4.69) is 25.1 Å². The lowest BCUT2D eigenvalue weighted by Gasteiger charge is -2.12. The highest BCUT2D eigenvalue weighted by Gasteiger charge is 2.26. The van der Waals surface area contributed by atoms with E-state index < -0.39 is 0 Å². The third-order valence-corrected chi connectivity index (χ3v) is 4.63. The van der Waals surface area contributed by atoms with Crippen LogP contribution >= 0.6 is 11.8 Å². The Morgan fingerprint density at radius 3 is 2.43 bits per heavy atom. The predicted molar refractivity (Wildman–Crippen MR) is 90.1 cm³/mol. The van der Waals surface area contributed by atoms with E-state index >= 15 is 0 Å². The van der Waals surface area contributed by atoms with Crippen molar-refractivity contribution in [1.29, 1.82) is 0 Å². The minimum absolute atomic E-state index is 0.126. The Bertz CT molecular complexity index is 729. The summed E-state index contributed by atoms with van der Waals surface area (Å²) in [5, 5.41) is 0. The molecule has 0 amide bonds. The molecule has 0 atom stereocenters. The number of hydrogen-bond acceptors (Lipinski definition) is 3. The zero-order chi connectivity index (χ0) is 15.0. The molecule has 0 saturated heterocycles. The van der Waals surface area contributed by atoms with Crippen molar-refractivity contribution in [3.63, 3.8) is 0 Å². The largest absolute Gasteiger partial charge is 0.378 e. The molecule has 0 unspecified atom stereocenters. The number of hydrogen-bond donors (Lipinski definition) is 0. The predicted octanol–water partition coefficient (Wildman–Crippen LogP) is 4.39. The Morgan fingerprint density at radius 2 is 1.76 bits per heavy atom. The quantitative estimate of drug-likeness (QED) is 0.766. The van der Waals surface area contributed by atoms with Crippen LogP contribution in [0.25, 0.3) is 6.08 Å². The van der Waals surface area contributed by atoms with Gasteiger partial charge in [-0.25, -0.2) is 0 Å². The first-order valence-corrected chi connectivity index (χ1v) is 7.68. The zero-order valence-corrected chi connectivity index (χ0v) is 13.2. The highest BCUT2D eigenvalue weighted by Crippen LogP contribution is 2.42. The second-order valence-electron chi connectivity index (χ2n) is 5.43. The number of anilines is 1. The maximum Gasteiger partial charge on any atom is 0.200 e. The van der Waals surface area contributed by atoms with Crippen molar-refractivity contribution in [2.24, 2.45) is 0 Å². The fourth-order valence-corrected chi connectivity index (χ4v) is 3.35. The normalized spacial score (nSPS) is 15.4. The molecule has 2 aromatic rings. The monoisotopic (exact) mass is 295 g/mol. The van der Waals surface area contributed by atoms with E-state index in [0.29, 0.717) is 0 Å². The number of carbonyl (C=O) groups excluding carboxylic acids is 1. The number of carbonyl (C=O) groups is 1. The van der Waals surface area contributed by atoms with Gasteiger partial charge in [-0.2, -0.15) is 0 Å². The summed E-state index contributed by atoms with van der Waals surface area (Å²) >= 11 is 1.56. The molecule has 21 heavy (non-hydrogen) atoms. The molecule has 2 nitrogen and oxygen atoms in total. The van der Waals surface area contributed by atoms with Gasteiger partial charge in [0, 0.05) is 30.2 Å². The number of allylic oxidation sites excluding steroid dienone is 1. The third-order valence-electron chi connectivity index (χ3n) is 3.55. The van der Waals surface area contributed by atoms with E-state index in [-0.39, 0.29) is 5.78 Å². The number of ketones is 1. The first-order chi connectivity index (χ1) is 10.0. The molecule has 3 heteroatoms. The van der Waals surface area contributed by atoms with Gasteiger partial charge in [0.25, 0.3) is 0 Å². The fourth-order valence-electron chi connectivity index (χ4n) is 2.27. The molecule has 0 spiro atoms. The van der Waals surface area contributed by atoms with Crippen LogP contribution in [0.1, 0.15) is 21.5 Å². The standard InChI is InChI=1S/C18H17NOS/c1-12-4-6-13(7-5-12)10-17-18(20)15-9-8-14(19(2)3)11-16(15)21-17/h4-11H,1-3H3. The van der Waals surface area contributed by atoms with Crippen LogP contribution in [-0.2, 0) is 0 Å². The summed E-state index contributed by atoms with van der Waals surface area (Å²) in [7, 11) is 4.01. The molecule has 0 bridgehead atoms. The van der Waals surface area contributed by atoms with Crippen LogP contribution in [0.5, 0.6) is 0 Å². The molecule has 0 aromatic heterocycles. The van der Waals surface area contributed by atoms with Gasteiger partial charge in [0.1, 0.15) is 0 Å². The molecule has 2 aromatic carbocycles. The highest BCUT2D eigenvalue weighted by molar-refractivity contribution is 8.04. The Hall–Kier alpha value is -2.00. The van der Waals surface area contributed by atoms with Crippen molar-refractivity contribution in [1.82, 2.24) is 0 Å². The van der Waals surface area contributed by atoms with Crippen molar-refractivity contribution in [2.75, 3.05) is 19.0 Å². The van der Waals surface area contributed by atoms with Crippen molar-refractivity contribution in [3.8, 4) is 0 Å². The Labute approximate surface area is 129 Å². The van der Waals surface area contributed by atoms with Gasteiger partial charge in [-0.3, -0.25) is 4.79 Å². The SMILES string of the molecule is Cc1ccc(C=C2Sc3cc(N(C)C)ccc3C2=O)cc1. The van der Waals surface area contributed by atoms with Gasteiger partial charge in [-0.05, 0) is 36.8 Å². The molecule has 106 valence electrons. The van der Waals surface area contributed by atoms with Gasteiger partial charge < -0.3 is 4.90 Å². The van der Waals surface area contributed by atoms with Crippen LogP contribution in [0, 0.1) is 6.92 Å². The second-order valence-corrected chi connectivity index (χ2v) is 6.51. The Balaban J connectivity index is 1.94. The smallest absolute Gasteiger partial charge is 0.200 e. The summed E-state index contributed by atoms with van der Waals surface area (Å²) in [6.45, 7) is 2.06. The third kappa shape index (κ3) is 2.74. The first-order valence-electron chi connectivity index (χ1n) is 6.87. The van der Waals surface area contributed by atoms with Gasteiger partial charge in [-0.1, -0.05) is 41.6 Å². The van der Waals surface area contributed by atoms with Crippen molar-refractivity contribution >= 4 is 29.3 Å². The lowest BCUT2D eigenvalue weighted by molar-refractivity contribution is 0.104. The minimum atomic E-state index is 0.126. The summed E-state index contributed by atoms with van der Waals surface area (Å²) in [5.74, 6) is 0.126. The second kappa shape index (κ2) is 5.41. The minimum Gasteiger partial charge on any atom is -0.378 e. The van der Waals surface area contributed by atoms with Crippen molar-refractivity contribution < 1.29 is 4.79 Å². The molecule has 0 aliphatic carbocycles. The molecule has 0 fully saturated rings. The van der Waals surface area contributed by atoms with Crippen molar-refractivity contribution in [2.45, 2.75) is 11.8 Å². The Morgan fingerprint density at radius 1 is 1.05 bits per heavy atom. The lowest BCUT2D eigenvalue weighted by atomic mass is 10.1. The topological polar surface area (TPSA) is 20.3 Å². The molecular weight excluding hydrogens is 278 g/mol. The number of Topliss-reactive ketones (excluding diaryl/α,β-unsaturated/α-hetero) is 1. The Kier molecular flexibility index (Phi) is 3.60. The summed E-state index contributed by atoms with van der Waals surface area (Å²) in [6.07, 6.45) is 1.97. The highest BCUT2D eigenvalue weighted by atomic mass is 32.2. The lowest BCUT2D eigenvalue weighted by Crippen LogP contribution is -2.08. The molecular formula is C18H17NOS. The van der Waals surface area contributed by atoms with Crippen LogP contribution in [0.4, 0.5) is 5.69 Å². The van der Waals surface area contributed by atoms with E-state index in [0.717, 1.165) is 26.6 Å². The summed E-state index contributed by atoms with van der Waals surface area (Å²) in [6, 6.07) is 14.2. The summed E-state index contributed by atoms with van der Waals surface area (Å²) < 4.78 is 0. The maximum atomic E-state index is 12.4. The molecule has 1 aliphatic heterocycles. The van der Waals surface area contributed by atoms with Crippen LogP contribution in [-0.4, -0.2) is 19.9 Å². The fraction of sp³-hybridized carbons (Fsp3) is 0.167. The molecule has 3 rings (SSSR count). The zero-order valence-electron chi connectivity index (χ0n) is 12.4. The molecule has 1 aliphatic rings. The van der Waals surface area contributed by atoms with Crippen LogP contribution in [0.3, 0.4) is 0 Å². The molecule has 0 radical (unpaired) electrons. The number of rotatable bonds is 2. The van der Waals surface area contributed by atoms with E-state index in [4.69, 9.17) is 0 Å². The average Bonchev–Trinajstić information content (AvgIpc) is 2.77.